The van der Waals surface area contributed by atoms with E-state index in [0.717, 1.165) is 11.3 Å². The van der Waals surface area contributed by atoms with Crippen molar-refractivity contribution in [3.63, 3.8) is 0 Å². The molecule has 2 aromatic rings. The van der Waals surface area contributed by atoms with Crippen LogP contribution < -0.4 is 9.62 Å². The van der Waals surface area contributed by atoms with E-state index in [1.54, 1.807) is 29.2 Å². The van der Waals surface area contributed by atoms with Crippen molar-refractivity contribution < 1.29 is 23.1 Å². The van der Waals surface area contributed by atoms with Gasteiger partial charge in [-0.1, -0.05) is 12.1 Å². The van der Waals surface area contributed by atoms with Crippen LogP contribution in [0, 0.1) is 0 Å². The van der Waals surface area contributed by atoms with Crippen molar-refractivity contribution in [1.29, 1.82) is 0 Å². The van der Waals surface area contributed by atoms with E-state index in [1.165, 1.54) is 25.1 Å². The Bertz CT molecular complexity index is 999. The molecule has 3 rings (SSSR count). The lowest BCUT2D eigenvalue weighted by atomic mass is 10.1. The fourth-order valence-electron chi connectivity index (χ4n) is 3.28. The number of hydrogen-bond acceptors (Lipinski definition) is 4. The van der Waals surface area contributed by atoms with Gasteiger partial charge in [0.1, 0.15) is 0 Å². The van der Waals surface area contributed by atoms with Crippen LogP contribution >= 0.6 is 0 Å². The third-order valence-electron chi connectivity index (χ3n) is 4.58. The topological polar surface area (TPSA) is 104 Å². The number of carbonyl (C=O) groups excluding carboxylic acids is 1. The molecular formula is C19H20N2O5S. The highest BCUT2D eigenvalue weighted by molar-refractivity contribution is 7.89. The first-order chi connectivity index (χ1) is 12.7. The van der Waals surface area contributed by atoms with Crippen molar-refractivity contribution in [2.24, 2.45) is 0 Å². The average Bonchev–Trinajstić information content (AvgIpc) is 2.95. The lowest BCUT2D eigenvalue weighted by Gasteiger charge is -2.20. The summed E-state index contributed by atoms with van der Waals surface area (Å²) < 4.78 is 27.7. The number of benzene rings is 2. The van der Waals surface area contributed by atoms with Gasteiger partial charge in [-0.3, -0.25) is 4.79 Å². The zero-order valence-corrected chi connectivity index (χ0v) is 15.8. The first-order valence-electron chi connectivity index (χ1n) is 8.43. The van der Waals surface area contributed by atoms with Crippen LogP contribution in [-0.2, 0) is 27.8 Å². The van der Waals surface area contributed by atoms with Crippen LogP contribution in [0.4, 0.5) is 5.69 Å². The summed E-state index contributed by atoms with van der Waals surface area (Å²) in [6.07, 6.45) is 0.606. The Hall–Kier alpha value is -2.71. The largest absolute Gasteiger partial charge is 0.478 e. The molecule has 0 saturated carbocycles. The molecule has 142 valence electrons. The molecule has 0 aromatic heterocycles. The highest BCUT2D eigenvalue weighted by Crippen LogP contribution is 2.33. The number of amides is 1. The van der Waals surface area contributed by atoms with Crippen molar-refractivity contribution in [3.05, 3.63) is 59.2 Å². The van der Waals surface area contributed by atoms with E-state index in [4.69, 9.17) is 5.11 Å². The van der Waals surface area contributed by atoms with Crippen LogP contribution in [0.2, 0.25) is 0 Å². The molecule has 0 saturated heterocycles. The second kappa shape index (κ2) is 7.13. The molecule has 0 radical (unpaired) electrons. The Balaban J connectivity index is 1.77. The number of sulfonamides is 1. The zero-order chi connectivity index (χ0) is 19.8. The number of fused-ring (bicyclic) bond motifs is 1. The molecule has 0 bridgehead atoms. The monoisotopic (exact) mass is 388 g/mol. The van der Waals surface area contributed by atoms with Gasteiger partial charge in [-0.05, 0) is 54.8 Å². The van der Waals surface area contributed by atoms with Gasteiger partial charge in [0, 0.05) is 25.2 Å². The van der Waals surface area contributed by atoms with Gasteiger partial charge in [0.05, 0.1) is 10.5 Å². The molecule has 2 N–H and O–H groups in total. The standard InChI is InChI=1S/C19H20N2O5S/c1-12-9-16-10-17(7-8-18(16)21(12)13(2)22)27(25,26)20-11-14-3-5-15(6-4-14)19(23)24/h3-8,10,12,20H,9,11H2,1-2H3,(H,23,24). The molecule has 0 aliphatic carbocycles. The normalized spacial score (nSPS) is 16.2. The molecule has 1 unspecified atom stereocenters. The van der Waals surface area contributed by atoms with E-state index < -0.39 is 16.0 Å². The van der Waals surface area contributed by atoms with Gasteiger partial charge in [0.2, 0.25) is 15.9 Å². The van der Waals surface area contributed by atoms with E-state index in [1.807, 2.05) is 6.92 Å². The van der Waals surface area contributed by atoms with Crippen LogP contribution in [0.25, 0.3) is 0 Å². The minimum Gasteiger partial charge on any atom is -0.478 e. The summed E-state index contributed by atoms with van der Waals surface area (Å²) in [4.78, 5) is 24.5. The van der Waals surface area contributed by atoms with Gasteiger partial charge < -0.3 is 10.0 Å². The van der Waals surface area contributed by atoms with Crippen molar-refractivity contribution in [2.75, 3.05) is 4.90 Å². The molecular weight excluding hydrogens is 368 g/mol. The fourth-order valence-corrected chi connectivity index (χ4v) is 4.35. The van der Waals surface area contributed by atoms with E-state index in [9.17, 15) is 18.0 Å². The molecule has 27 heavy (non-hydrogen) atoms. The third-order valence-corrected chi connectivity index (χ3v) is 5.98. The van der Waals surface area contributed by atoms with Crippen LogP contribution in [-0.4, -0.2) is 31.4 Å². The Morgan fingerprint density at radius 2 is 1.85 bits per heavy atom. The lowest BCUT2D eigenvalue weighted by molar-refractivity contribution is -0.116. The van der Waals surface area contributed by atoms with Crippen molar-refractivity contribution in [3.8, 4) is 0 Å². The minimum atomic E-state index is -3.73. The first kappa shape index (κ1) is 19.1. The summed E-state index contributed by atoms with van der Waals surface area (Å²) >= 11 is 0. The number of carbonyl (C=O) groups is 2. The quantitative estimate of drug-likeness (QED) is 0.817. The van der Waals surface area contributed by atoms with E-state index >= 15 is 0 Å². The third kappa shape index (κ3) is 3.86. The summed E-state index contributed by atoms with van der Waals surface area (Å²) in [6, 6.07) is 10.8. The number of aromatic carboxylic acids is 1. The predicted molar refractivity (Wildman–Crippen MR) is 100 cm³/mol. The van der Waals surface area contributed by atoms with Gasteiger partial charge in [-0.25, -0.2) is 17.9 Å². The van der Waals surface area contributed by atoms with Gasteiger partial charge in [0.25, 0.3) is 0 Å². The molecule has 7 nitrogen and oxygen atoms in total. The minimum absolute atomic E-state index is 0.00355. The van der Waals surface area contributed by atoms with Crippen LogP contribution in [0.3, 0.4) is 0 Å². The Labute approximate surface area is 157 Å². The first-order valence-corrected chi connectivity index (χ1v) is 9.92. The molecule has 1 aliphatic heterocycles. The number of carboxylic acid groups (broad SMARTS) is 1. The van der Waals surface area contributed by atoms with E-state index in [2.05, 4.69) is 4.72 Å². The average molecular weight is 388 g/mol. The summed E-state index contributed by atoms with van der Waals surface area (Å²) in [5.41, 5.74) is 2.37. The second-order valence-electron chi connectivity index (χ2n) is 6.56. The summed E-state index contributed by atoms with van der Waals surface area (Å²) in [5, 5.41) is 8.90. The molecule has 0 spiro atoms. The Morgan fingerprint density at radius 1 is 1.19 bits per heavy atom. The van der Waals surface area contributed by atoms with Crippen LogP contribution in [0.15, 0.2) is 47.4 Å². The van der Waals surface area contributed by atoms with Crippen molar-refractivity contribution >= 4 is 27.6 Å². The maximum absolute atomic E-state index is 12.6. The molecule has 1 heterocycles. The maximum Gasteiger partial charge on any atom is 0.335 e. The van der Waals surface area contributed by atoms with Gasteiger partial charge in [0.15, 0.2) is 0 Å². The highest BCUT2D eigenvalue weighted by atomic mass is 32.2. The molecule has 1 amide bonds. The van der Waals surface area contributed by atoms with Crippen molar-refractivity contribution in [2.45, 2.75) is 37.8 Å². The molecule has 1 aliphatic rings. The highest BCUT2D eigenvalue weighted by Gasteiger charge is 2.30. The summed E-state index contributed by atoms with van der Waals surface area (Å²) in [7, 11) is -3.73. The Morgan fingerprint density at radius 3 is 2.44 bits per heavy atom. The molecule has 0 fully saturated rings. The van der Waals surface area contributed by atoms with Crippen LogP contribution in [0.1, 0.15) is 35.3 Å². The number of carboxylic acids is 1. The molecule has 8 heteroatoms. The zero-order valence-electron chi connectivity index (χ0n) is 15.0. The Kier molecular flexibility index (Phi) is 5.03. The fraction of sp³-hybridized carbons (Fsp3) is 0.263. The van der Waals surface area contributed by atoms with Gasteiger partial charge in [-0.15, -0.1) is 0 Å². The second-order valence-corrected chi connectivity index (χ2v) is 8.33. The van der Waals surface area contributed by atoms with Crippen LogP contribution in [0.5, 0.6) is 0 Å². The number of nitrogens with one attached hydrogen (secondary N) is 1. The maximum atomic E-state index is 12.6. The van der Waals surface area contributed by atoms with Gasteiger partial charge in [-0.2, -0.15) is 0 Å². The molecule has 2 aromatic carbocycles. The summed E-state index contributed by atoms with van der Waals surface area (Å²) in [6.45, 7) is 3.47. The van der Waals surface area contributed by atoms with Gasteiger partial charge >= 0.3 is 5.97 Å². The molecule has 1 atom stereocenters. The number of anilines is 1. The number of hydrogen-bond donors (Lipinski definition) is 2. The number of rotatable bonds is 5. The van der Waals surface area contributed by atoms with E-state index in [0.29, 0.717) is 12.0 Å². The van der Waals surface area contributed by atoms with Crippen molar-refractivity contribution in [1.82, 2.24) is 4.72 Å². The summed E-state index contributed by atoms with van der Waals surface area (Å²) in [5.74, 6) is -1.10. The lowest BCUT2D eigenvalue weighted by Crippen LogP contribution is -2.33. The number of nitrogens with zero attached hydrogens (tertiary/aromatic N) is 1. The smallest absolute Gasteiger partial charge is 0.335 e. The van der Waals surface area contributed by atoms with E-state index in [-0.39, 0.29) is 29.0 Å². The SMILES string of the molecule is CC(=O)N1c2ccc(S(=O)(=O)NCc3ccc(C(=O)O)cc3)cc2CC1C. The predicted octanol–water partition coefficient (Wildman–Crippen LogP) is 2.16.